The molecule has 1 aromatic rings. The highest BCUT2D eigenvalue weighted by Gasteiger charge is 2.34. The number of ether oxygens (including phenoxy) is 1. The molecule has 2 fully saturated rings. The Morgan fingerprint density at radius 2 is 1.90 bits per heavy atom. The van der Waals surface area contributed by atoms with Crippen LogP contribution < -0.4 is 16.0 Å². The Morgan fingerprint density at radius 1 is 1.17 bits per heavy atom. The SMILES string of the molecule is O=C(N[C@@H](CC1CC1)C(=O)N[C@@H](C[C@@H]1CCNC1=O)[C@@H](O)S)OCc1ccccc1. The second-order valence-corrected chi connectivity index (χ2v) is 8.51. The first-order chi connectivity index (χ1) is 14.4. The Labute approximate surface area is 181 Å². The van der Waals surface area contributed by atoms with Gasteiger partial charge in [0, 0.05) is 12.5 Å². The second kappa shape index (κ2) is 10.7. The molecule has 8 nitrogen and oxygen atoms in total. The van der Waals surface area contributed by atoms with Crippen LogP contribution in [0.5, 0.6) is 0 Å². The highest BCUT2D eigenvalue weighted by atomic mass is 32.1. The lowest BCUT2D eigenvalue weighted by atomic mass is 9.98. The van der Waals surface area contributed by atoms with Crippen molar-refractivity contribution < 1.29 is 24.2 Å². The zero-order chi connectivity index (χ0) is 21.5. The summed E-state index contributed by atoms with van der Waals surface area (Å²) in [5.41, 5.74) is -0.266. The molecule has 9 heteroatoms. The van der Waals surface area contributed by atoms with E-state index in [1.54, 1.807) is 0 Å². The van der Waals surface area contributed by atoms with Crippen LogP contribution in [0.3, 0.4) is 0 Å². The van der Waals surface area contributed by atoms with E-state index in [1.807, 2.05) is 30.3 Å². The summed E-state index contributed by atoms with van der Waals surface area (Å²) >= 11 is 4.06. The van der Waals surface area contributed by atoms with E-state index in [1.165, 1.54) is 0 Å². The molecule has 0 aromatic heterocycles. The molecule has 1 saturated heterocycles. The van der Waals surface area contributed by atoms with Crippen molar-refractivity contribution in [2.75, 3.05) is 6.54 Å². The number of alkyl carbamates (subject to hydrolysis) is 1. The molecule has 3 rings (SSSR count). The first-order valence-electron chi connectivity index (χ1n) is 10.3. The van der Waals surface area contributed by atoms with Crippen LogP contribution in [0.2, 0.25) is 0 Å². The first kappa shape index (κ1) is 22.4. The van der Waals surface area contributed by atoms with Crippen molar-refractivity contribution in [3.63, 3.8) is 0 Å². The molecule has 0 radical (unpaired) electrons. The van der Waals surface area contributed by atoms with Crippen LogP contribution in [0.4, 0.5) is 4.79 Å². The minimum atomic E-state index is -1.12. The van der Waals surface area contributed by atoms with Crippen LogP contribution in [0.25, 0.3) is 0 Å². The van der Waals surface area contributed by atoms with Gasteiger partial charge in [0.05, 0.1) is 6.04 Å². The Bertz CT molecular complexity index is 741. The highest BCUT2D eigenvalue weighted by Crippen LogP contribution is 2.33. The Hall–Kier alpha value is -2.26. The number of rotatable bonds is 10. The predicted octanol–water partition coefficient (Wildman–Crippen LogP) is 1.34. The molecular weight excluding hydrogens is 406 g/mol. The Kier molecular flexibility index (Phi) is 7.98. The van der Waals surface area contributed by atoms with Crippen LogP contribution in [0, 0.1) is 11.8 Å². The normalized spacial score (nSPS) is 21.3. The van der Waals surface area contributed by atoms with Crippen molar-refractivity contribution in [2.24, 2.45) is 11.8 Å². The van der Waals surface area contributed by atoms with Gasteiger partial charge >= 0.3 is 6.09 Å². The van der Waals surface area contributed by atoms with Gasteiger partial charge in [-0.15, -0.1) is 12.6 Å². The van der Waals surface area contributed by atoms with E-state index in [9.17, 15) is 19.5 Å². The van der Waals surface area contributed by atoms with Crippen LogP contribution in [-0.4, -0.2) is 47.1 Å². The molecule has 164 valence electrons. The van der Waals surface area contributed by atoms with Crippen LogP contribution in [0.1, 0.15) is 37.7 Å². The Morgan fingerprint density at radius 3 is 2.50 bits per heavy atom. The summed E-state index contributed by atoms with van der Waals surface area (Å²) < 4.78 is 5.24. The monoisotopic (exact) mass is 435 g/mol. The summed E-state index contributed by atoms with van der Waals surface area (Å²) in [6.45, 7) is 0.700. The van der Waals surface area contributed by atoms with Gasteiger partial charge in [-0.3, -0.25) is 9.59 Å². The fourth-order valence-electron chi connectivity index (χ4n) is 3.54. The van der Waals surface area contributed by atoms with Crippen LogP contribution >= 0.6 is 12.6 Å². The summed E-state index contributed by atoms with van der Waals surface area (Å²) in [5.74, 6) is -0.381. The quantitative estimate of drug-likeness (QED) is 0.281. The van der Waals surface area contributed by atoms with Crippen LogP contribution in [-0.2, 0) is 20.9 Å². The van der Waals surface area contributed by atoms with Crippen molar-refractivity contribution >= 4 is 30.5 Å². The number of hydrogen-bond acceptors (Lipinski definition) is 6. The number of amides is 3. The summed E-state index contributed by atoms with van der Waals surface area (Å²) in [6.07, 6.45) is 2.82. The number of aliphatic hydroxyl groups excluding tert-OH is 1. The fraction of sp³-hybridized carbons (Fsp3) is 0.571. The standard InChI is InChI=1S/C21H29N3O5S/c25-18-15(8-9-22-18)11-17(20(27)30)23-19(26)16(10-13-6-7-13)24-21(28)29-12-14-4-2-1-3-5-14/h1-5,13,15-17,20,27,30H,6-12H2,(H,22,25)(H,23,26)(H,24,28)/t15-,16-,17-,20-/m0/s1. The molecule has 0 unspecified atom stereocenters. The summed E-state index contributed by atoms with van der Waals surface area (Å²) in [6, 6.07) is 7.81. The van der Waals surface area contributed by atoms with E-state index in [4.69, 9.17) is 4.74 Å². The molecule has 30 heavy (non-hydrogen) atoms. The number of aliphatic hydroxyl groups is 1. The van der Waals surface area contributed by atoms with Crippen molar-refractivity contribution in [2.45, 2.75) is 56.2 Å². The maximum atomic E-state index is 12.9. The molecule has 1 aliphatic carbocycles. The van der Waals surface area contributed by atoms with Gasteiger partial charge < -0.3 is 25.8 Å². The molecule has 2 aliphatic rings. The van der Waals surface area contributed by atoms with Gasteiger partial charge in [0.15, 0.2) is 0 Å². The molecule has 1 heterocycles. The number of nitrogens with one attached hydrogen (secondary N) is 3. The van der Waals surface area contributed by atoms with Gasteiger partial charge in [-0.05, 0) is 30.7 Å². The maximum Gasteiger partial charge on any atom is 0.408 e. The number of benzene rings is 1. The number of carbonyl (C=O) groups excluding carboxylic acids is 3. The van der Waals surface area contributed by atoms with Gasteiger partial charge in [0.1, 0.15) is 18.1 Å². The van der Waals surface area contributed by atoms with Gasteiger partial charge in [0.25, 0.3) is 0 Å². The third kappa shape index (κ3) is 6.91. The summed E-state index contributed by atoms with van der Waals surface area (Å²) in [5, 5.41) is 18.1. The zero-order valence-corrected chi connectivity index (χ0v) is 17.6. The molecule has 1 saturated carbocycles. The van der Waals surface area contributed by atoms with Gasteiger partial charge in [-0.25, -0.2) is 4.79 Å². The number of hydrogen-bond donors (Lipinski definition) is 5. The van der Waals surface area contributed by atoms with E-state index in [0.29, 0.717) is 25.3 Å². The molecular formula is C21H29N3O5S. The lowest BCUT2D eigenvalue weighted by Gasteiger charge is -2.26. The predicted molar refractivity (Wildman–Crippen MR) is 114 cm³/mol. The Balaban J connectivity index is 1.55. The average molecular weight is 436 g/mol. The van der Waals surface area contributed by atoms with E-state index < -0.39 is 29.5 Å². The maximum absolute atomic E-state index is 12.9. The number of carbonyl (C=O) groups is 3. The molecule has 4 atom stereocenters. The third-order valence-corrected chi connectivity index (χ3v) is 5.84. The minimum Gasteiger partial charge on any atom is -0.445 e. The van der Waals surface area contributed by atoms with Gasteiger partial charge in [-0.1, -0.05) is 43.2 Å². The molecule has 1 aliphatic heterocycles. The van der Waals surface area contributed by atoms with E-state index in [-0.39, 0.29) is 24.9 Å². The highest BCUT2D eigenvalue weighted by molar-refractivity contribution is 7.80. The van der Waals surface area contributed by atoms with Gasteiger partial charge in [-0.2, -0.15) is 0 Å². The fourth-order valence-corrected chi connectivity index (χ4v) is 3.74. The van der Waals surface area contributed by atoms with Crippen LogP contribution in [0.15, 0.2) is 30.3 Å². The van der Waals surface area contributed by atoms with Crippen molar-refractivity contribution in [3.05, 3.63) is 35.9 Å². The zero-order valence-electron chi connectivity index (χ0n) is 16.8. The molecule has 3 amide bonds. The van der Waals surface area contributed by atoms with E-state index in [2.05, 4.69) is 28.6 Å². The van der Waals surface area contributed by atoms with E-state index in [0.717, 1.165) is 18.4 Å². The second-order valence-electron chi connectivity index (χ2n) is 7.98. The minimum absolute atomic E-state index is 0.0830. The topological polar surface area (TPSA) is 117 Å². The molecule has 0 spiro atoms. The summed E-state index contributed by atoms with van der Waals surface area (Å²) in [4.78, 5) is 36.9. The lowest BCUT2D eigenvalue weighted by molar-refractivity contribution is -0.126. The van der Waals surface area contributed by atoms with Crippen molar-refractivity contribution in [3.8, 4) is 0 Å². The third-order valence-electron chi connectivity index (χ3n) is 5.48. The lowest BCUT2D eigenvalue weighted by Crippen LogP contribution is -2.52. The molecule has 1 aromatic carbocycles. The first-order valence-corrected chi connectivity index (χ1v) is 10.9. The molecule has 4 N–H and O–H groups in total. The molecule has 0 bridgehead atoms. The van der Waals surface area contributed by atoms with E-state index >= 15 is 0 Å². The van der Waals surface area contributed by atoms with Crippen molar-refractivity contribution in [1.82, 2.24) is 16.0 Å². The van der Waals surface area contributed by atoms with Gasteiger partial charge in [0.2, 0.25) is 11.8 Å². The largest absolute Gasteiger partial charge is 0.445 e. The average Bonchev–Trinajstić information content (AvgIpc) is 3.46. The van der Waals surface area contributed by atoms with Crippen molar-refractivity contribution in [1.29, 1.82) is 0 Å². The number of thiol groups is 1. The smallest absolute Gasteiger partial charge is 0.408 e. The summed E-state index contributed by atoms with van der Waals surface area (Å²) in [7, 11) is 0.